The van der Waals surface area contributed by atoms with Crippen LogP contribution in [0.15, 0.2) is 0 Å². The predicted molar refractivity (Wildman–Crippen MR) is 54.0 cm³/mol. The van der Waals surface area contributed by atoms with Gasteiger partial charge in [-0.2, -0.15) is 0 Å². The van der Waals surface area contributed by atoms with Crippen molar-refractivity contribution >= 4 is 21.6 Å². The van der Waals surface area contributed by atoms with Crippen molar-refractivity contribution in [3.63, 3.8) is 0 Å². The van der Waals surface area contributed by atoms with E-state index in [1.165, 1.54) is 11.3 Å². The molecular weight excluding hydrogens is 186 g/mol. The molecule has 1 atom stereocenters. The van der Waals surface area contributed by atoms with Gasteiger partial charge in [-0.15, -0.1) is 10.2 Å². The average Bonchev–Trinajstić information content (AvgIpc) is 2.52. The molecule has 1 aliphatic heterocycles. The molecular formula is C7H13N5S. The van der Waals surface area contributed by atoms with Gasteiger partial charge in [0, 0.05) is 25.7 Å². The predicted octanol–water partition coefficient (Wildman–Crippen LogP) is -0.0816. The van der Waals surface area contributed by atoms with Gasteiger partial charge in [-0.1, -0.05) is 11.3 Å². The van der Waals surface area contributed by atoms with Crippen LogP contribution in [0.4, 0.5) is 10.3 Å². The largest absolute Gasteiger partial charge is 0.374 e. The lowest BCUT2D eigenvalue weighted by Crippen LogP contribution is -2.49. The van der Waals surface area contributed by atoms with Gasteiger partial charge < -0.3 is 16.0 Å². The molecule has 0 aliphatic carbocycles. The van der Waals surface area contributed by atoms with E-state index in [1.807, 2.05) is 0 Å². The van der Waals surface area contributed by atoms with E-state index in [9.17, 15) is 0 Å². The first-order valence-electron chi connectivity index (χ1n) is 4.33. The second-order valence-corrected chi connectivity index (χ2v) is 4.21. The van der Waals surface area contributed by atoms with Gasteiger partial charge in [-0.05, 0) is 6.92 Å². The van der Waals surface area contributed by atoms with E-state index in [4.69, 9.17) is 5.73 Å². The van der Waals surface area contributed by atoms with Gasteiger partial charge in [-0.3, -0.25) is 0 Å². The summed E-state index contributed by atoms with van der Waals surface area (Å²) in [7, 11) is 0. The van der Waals surface area contributed by atoms with E-state index in [2.05, 4.69) is 27.3 Å². The van der Waals surface area contributed by atoms with Crippen molar-refractivity contribution < 1.29 is 0 Å². The van der Waals surface area contributed by atoms with Gasteiger partial charge in [0.1, 0.15) is 0 Å². The maximum absolute atomic E-state index is 5.52. The van der Waals surface area contributed by atoms with Crippen LogP contribution in [-0.4, -0.2) is 35.9 Å². The SMILES string of the molecule is CC1CN(c2nnc(N)s2)CCN1. The van der Waals surface area contributed by atoms with Crippen molar-refractivity contribution in [3.05, 3.63) is 0 Å². The van der Waals surface area contributed by atoms with E-state index in [0.717, 1.165) is 24.8 Å². The Hall–Kier alpha value is -0.880. The van der Waals surface area contributed by atoms with Crippen molar-refractivity contribution in [2.75, 3.05) is 30.3 Å². The summed E-state index contributed by atoms with van der Waals surface area (Å²) < 4.78 is 0. The first kappa shape index (κ1) is 8.71. The fraction of sp³-hybridized carbons (Fsp3) is 0.714. The van der Waals surface area contributed by atoms with Gasteiger partial charge in [0.25, 0.3) is 0 Å². The quantitative estimate of drug-likeness (QED) is 0.662. The van der Waals surface area contributed by atoms with E-state index < -0.39 is 0 Å². The molecule has 0 saturated carbocycles. The number of aromatic nitrogens is 2. The van der Waals surface area contributed by atoms with Gasteiger partial charge >= 0.3 is 0 Å². The first-order valence-corrected chi connectivity index (χ1v) is 5.14. The van der Waals surface area contributed by atoms with Gasteiger partial charge in [0.2, 0.25) is 10.3 Å². The molecule has 0 aromatic carbocycles. The minimum atomic E-state index is 0.513. The van der Waals surface area contributed by atoms with Crippen LogP contribution in [0.5, 0.6) is 0 Å². The summed E-state index contributed by atoms with van der Waals surface area (Å²) in [5.74, 6) is 0. The minimum Gasteiger partial charge on any atom is -0.374 e. The normalized spacial score (nSPS) is 23.5. The number of hydrogen-bond donors (Lipinski definition) is 2. The van der Waals surface area contributed by atoms with E-state index >= 15 is 0 Å². The van der Waals surface area contributed by atoms with Gasteiger partial charge in [0.15, 0.2) is 0 Å². The fourth-order valence-electron chi connectivity index (χ4n) is 1.46. The number of hydrogen-bond acceptors (Lipinski definition) is 6. The molecule has 72 valence electrons. The molecule has 1 unspecified atom stereocenters. The van der Waals surface area contributed by atoms with Crippen LogP contribution in [0.25, 0.3) is 0 Å². The smallest absolute Gasteiger partial charge is 0.210 e. The number of anilines is 2. The van der Waals surface area contributed by atoms with Crippen molar-refractivity contribution in [2.24, 2.45) is 0 Å². The Balaban J connectivity index is 2.08. The highest BCUT2D eigenvalue weighted by Crippen LogP contribution is 2.22. The third kappa shape index (κ3) is 1.89. The summed E-state index contributed by atoms with van der Waals surface area (Å²) in [6.07, 6.45) is 0. The number of nitrogens with two attached hydrogens (primary N) is 1. The maximum Gasteiger partial charge on any atom is 0.210 e. The molecule has 3 N–H and O–H groups in total. The molecule has 0 spiro atoms. The van der Waals surface area contributed by atoms with Crippen LogP contribution >= 0.6 is 11.3 Å². The summed E-state index contributed by atoms with van der Waals surface area (Å²) in [5, 5.41) is 12.7. The van der Waals surface area contributed by atoms with Crippen LogP contribution in [-0.2, 0) is 0 Å². The Bertz CT molecular complexity index is 286. The summed E-state index contributed by atoms with van der Waals surface area (Å²) >= 11 is 1.45. The molecule has 0 bridgehead atoms. The van der Waals surface area contributed by atoms with Crippen LogP contribution in [0.3, 0.4) is 0 Å². The van der Waals surface area contributed by atoms with E-state index in [1.54, 1.807) is 0 Å². The standard InChI is InChI=1S/C7H13N5S/c1-5-4-12(3-2-9-5)7-11-10-6(8)13-7/h5,9H,2-4H2,1H3,(H2,8,10). The second kappa shape index (κ2) is 3.47. The Labute approximate surface area is 80.9 Å². The van der Waals surface area contributed by atoms with Crippen LogP contribution in [0.1, 0.15) is 6.92 Å². The van der Waals surface area contributed by atoms with Crippen molar-refractivity contribution in [1.82, 2.24) is 15.5 Å². The zero-order valence-electron chi connectivity index (χ0n) is 7.53. The molecule has 1 fully saturated rings. The number of rotatable bonds is 1. The van der Waals surface area contributed by atoms with Gasteiger partial charge in [0.05, 0.1) is 0 Å². The van der Waals surface area contributed by atoms with Crippen molar-refractivity contribution in [2.45, 2.75) is 13.0 Å². The van der Waals surface area contributed by atoms with Crippen LogP contribution in [0, 0.1) is 0 Å². The van der Waals surface area contributed by atoms with Gasteiger partial charge in [-0.25, -0.2) is 0 Å². The van der Waals surface area contributed by atoms with Crippen molar-refractivity contribution in [3.8, 4) is 0 Å². The Morgan fingerprint density at radius 1 is 1.62 bits per heavy atom. The lowest BCUT2D eigenvalue weighted by molar-refractivity contribution is 0.483. The Morgan fingerprint density at radius 3 is 3.08 bits per heavy atom. The molecule has 1 aromatic heterocycles. The number of piperazine rings is 1. The number of nitrogen functional groups attached to an aromatic ring is 1. The fourth-order valence-corrected chi connectivity index (χ4v) is 2.11. The zero-order valence-corrected chi connectivity index (χ0v) is 8.34. The molecule has 1 aromatic rings. The number of nitrogens with one attached hydrogen (secondary N) is 1. The molecule has 1 saturated heterocycles. The average molecular weight is 199 g/mol. The Morgan fingerprint density at radius 2 is 2.46 bits per heavy atom. The minimum absolute atomic E-state index is 0.513. The highest BCUT2D eigenvalue weighted by molar-refractivity contribution is 7.18. The lowest BCUT2D eigenvalue weighted by atomic mass is 10.2. The summed E-state index contributed by atoms with van der Waals surface area (Å²) in [4.78, 5) is 2.22. The van der Waals surface area contributed by atoms with E-state index in [0.29, 0.717) is 11.2 Å². The lowest BCUT2D eigenvalue weighted by Gasteiger charge is -2.31. The summed E-state index contributed by atoms with van der Waals surface area (Å²) in [6.45, 7) is 5.13. The van der Waals surface area contributed by atoms with Crippen molar-refractivity contribution in [1.29, 1.82) is 0 Å². The molecule has 6 heteroatoms. The van der Waals surface area contributed by atoms with E-state index in [-0.39, 0.29) is 0 Å². The maximum atomic E-state index is 5.52. The van der Waals surface area contributed by atoms with Crippen LogP contribution in [0.2, 0.25) is 0 Å². The Kier molecular flexibility index (Phi) is 2.32. The number of nitrogens with zero attached hydrogens (tertiary/aromatic N) is 3. The summed E-state index contributed by atoms with van der Waals surface area (Å²) in [5.41, 5.74) is 5.52. The third-order valence-corrected chi connectivity index (χ3v) is 2.88. The molecule has 1 aliphatic rings. The molecule has 2 rings (SSSR count). The zero-order chi connectivity index (χ0) is 9.26. The molecule has 13 heavy (non-hydrogen) atoms. The molecule has 0 radical (unpaired) electrons. The monoisotopic (exact) mass is 199 g/mol. The highest BCUT2D eigenvalue weighted by atomic mass is 32.1. The third-order valence-electron chi connectivity index (χ3n) is 2.07. The first-order chi connectivity index (χ1) is 6.25. The second-order valence-electron chi connectivity index (χ2n) is 3.22. The van der Waals surface area contributed by atoms with Crippen LogP contribution < -0.4 is 16.0 Å². The molecule has 2 heterocycles. The molecule has 0 amide bonds. The summed E-state index contributed by atoms with van der Waals surface area (Å²) in [6, 6.07) is 0.513. The highest BCUT2D eigenvalue weighted by Gasteiger charge is 2.18. The topological polar surface area (TPSA) is 67.1 Å². The molecule has 5 nitrogen and oxygen atoms in total.